The van der Waals surface area contributed by atoms with Crippen LogP contribution in [0.15, 0.2) is 18.2 Å². The number of aromatic hydroxyl groups is 1. The van der Waals surface area contributed by atoms with Crippen molar-refractivity contribution in [3.05, 3.63) is 29.3 Å². The lowest BCUT2D eigenvalue weighted by Crippen LogP contribution is -2.10. The molecule has 0 spiro atoms. The van der Waals surface area contributed by atoms with E-state index < -0.39 is 5.60 Å². The first kappa shape index (κ1) is 10.5. The zero-order valence-corrected chi connectivity index (χ0v) is 9.33. The van der Waals surface area contributed by atoms with Crippen molar-refractivity contribution in [3.8, 4) is 5.75 Å². The molecule has 1 aliphatic carbocycles. The lowest BCUT2D eigenvalue weighted by atomic mass is 9.97. The predicted octanol–water partition coefficient (Wildman–Crippen LogP) is 2.58. The van der Waals surface area contributed by atoms with Gasteiger partial charge < -0.3 is 10.2 Å². The number of hydrogen-bond donors (Lipinski definition) is 2. The molecule has 2 heteroatoms. The summed E-state index contributed by atoms with van der Waals surface area (Å²) in [7, 11) is 0. The second-order valence-corrected chi connectivity index (χ2v) is 4.99. The molecule has 0 aromatic heterocycles. The van der Waals surface area contributed by atoms with E-state index >= 15 is 0 Å². The molecule has 0 saturated heterocycles. The number of rotatable bonds is 3. The van der Waals surface area contributed by atoms with Crippen LogP contribution >= 0.6 is 0 Å². The maximum Gasteiger partial charge on any atom is 0.116 e. The minimum atomic E-state index is -0.484. The summed E-state index contributed by atoms with van der Waals surface area (Å²) in [6, 6.07) is 5.63. The minimum Gasteiger partial charge on any atom is -0.508 e. The Hall–Kier alpha value is -1.02. The minimum absolute atomic E-state index is 0.306. The van der Waals surface area contributed by atoms with Gasteiger partial charge in [-0.05, 0) is 42.0 Å². The molecule has 1 saturated carbocycles. The Balaban J connectivity index is 2.23. The molecular weight excluding hydrogens is 188 g/mol. The Morgan fingerprint density at radius 2 is 1.93 bits per heavy atom. The van der Waals surface area contributed by atoms with E-state index in [0.29, 0.717) is 18.1 Å². The zero-order chi connectivity index (χ0) is 11.1. The average molecular weight is 206 g/mol. The number of phenolic OH excluding ortho intramolecular Hbond substituents is 1. The molecule has 2 rings (SSSR count). The molecule has 1 aromatic rings. The van der Waals surface area contributed by atoms with Crippen molar-refractivity contribution in [1.82, 2.24) is 0 Å². The zero-order valence-electron chi connectivity index (χ0n) is 9.33. The molecule has 15 heavy (non-hydrogen) atoms. The molecule has 0 unspecified atom stereocenters. The first-order valence-electron chi connectivity index (χ1n) is 5.54. The van der Waals surface area contributed by atoms with Crippen LogP contribution in [-0.2, 0) is 6.42 Å². The summed E-state index contributed by atoms with van der Waals surface area (Å²) < 4.78 is 0. The third-order valence-electron chi connectivity index (χ3n) is 3.03. The molecule has 0 aliphatic heterocycles. The number of phenols is 1. The number of benzene rings is 1. The van der Waals surface area contributed by atoms with Crippen molar-refractivity contribution < 1.29 is 10.2 Å². The van der Waals surface area contributed by atoms with Crippen LogP contribution in [0.4, 0.5) is 0 Å². The van der Waals surface area contributed by atoms with Gasteiger partial charge in [0, 0.05) is 6.42 Å². The normalized spacial score (nSPS) is 18.1. The predicted molar refractivity (Wildman–Crippen MR) is 60.1 cm³/mol. The van der Waals surface area contributed by atoms with Crippen LogP contribution in [0.25, 0.3) is 0 Å². The summed E-state index contributed by atoms with van der Waals surface area (Å²) >= 11 is 0. The SMILES string of the molecule is CC(C)c1cc(O)cc(CC2(O)CC2)c1. The van der Waals surface area contributed by atoms with Gasteiger partial charge in [-0.25, -0.2) is 0 Å². The van der Waals surface area contributed by atoms with E-state index in [4.69, 9.17) is 0 Å². The Labute approximate surface area is 90.6 Å². The third-order valence-corrected chi connectivity index (χ3v) is 3.03. The van der Waals surface area contributed by atoms with Crippen molar-refractivity contribution >= 4 is 0 Å². The van der Waals surface area contributed by atoms with Gasteiger partial charge in [-0.3, -0.25) is 0 Å². The van der Waals surface area contributed by atoms with Crippen molar-refractivity contribution in [3.63, 3.8) is 0 Å². The Kier molecular flexibility index (Phi) is 2.47. The van der Waals surface area contributed by atoms with E-state index in [1.54, 1.807) is 12.1 Å². The average Bonchev–Trinajstić information content (AvgIpc) is 2.81. The summed E-state index contributed by atoms with van der Waals surface area (Å²) in [5.74, 6) is 0.713. The Bertz CT molecular complexity index is 365. The summed E-state index contributed by atoms with van der Waals surface area (Å²) in [4.78, 5) is 0. The van der Waals surface area contributed by atoms with Crippen LogP contribution in [0.1, 0.15) is 43.7 Å². The maximum absolute atomic E-state index is 9.82. The van der Waals surface area contributed by atoms with Gasteiger partial charge in [-0.1, -0.05) is 19.9 Å². The van der Waals surface area contributed by atoms with E-state index in [2.05, 4.69) is 19.9 Å². The topological polar surface area (TPSA) is 40.5 Å². The Morgan fingerprint density at radius 3 is 2.47 bits per heavy atom. The first-order chi connectivity index (χ1) is 6.98. The smallest absolute Gasteiger partial charge is 0.116 e. The maximum atomic E-state index is 9.82. The highest BCUT2D eigenvalue weighted by Crippen LogP contribution is 2.39. The molecule has 0 heterocycles. The van der Waals surface area contributed by atoms with Crippen molar-refractivity contribution in [1.29, 1.82) is 0 Å². The fourth-order valence-corrected chi connectivity index (χ4v) is 1.84. The first-order valence-corrected chi connectivity index (χ1v) is 5.54. The number of hydrogen-bond acceptors (Lipinski definition) is 2. The molecule has 2 nitrogen and oxygen atoms in total. The van der Waals surface area contributed by atoms with Gasteiger partial charge in [0.05, 0.1) is 5.60 Å². The van der Waals surface area contributed by atoms with Crippen LogP contribution in [0, 0.1) is 0 Å². The molecule has 0 radical (unpaired) electrons. The van der Waals surface area contributed by atoms with Crippen molar-refractivity contribution in [2.75, 3.05) is 0 Å². The lowest BCUT2D eigenvalue weighted by Gasteiger charge is -2.12. The standard InChI is InChI=1S/C13H18O2/c1-9(2)11-5-10(6-12(14)7-11)8-13(15)3-4-13/h5-7,9,14-15H,3-4,8H2,1-2H3. The monoisotopic (exact) mass is 206 g/mol. The van der Waals surface area contributed by atoms with Crippen molar-refractivity contribution in [2.24, 2.45) is 0 Å². The molecule has 1 aromatic carbocycles. The van der Waals surface area contributed by atoms with E-state index in [0.717, 1.165) is 24.0 Å². The Morgan fingerprint density at radius 1 is 1.27 bits per heavy atom. The van der Waals surface area contributed by atoms with Crippen LogP contribution < -0.4 is 0 Å². The molecule has 0 atom stereocenters. The summed E-state index contributed by atoms with van der Waals surface area (Å²) in [5, 5.41) is 19.4. The van der Waals surface area contributed by atoms with Gasteiger partial charge >= 0.3 is 0 Å². The fourth-order valence-electron chi connectivity index (χ4n) is 1.84. The van der Waals surface area contributed by atoms with Gasteiger partial charge in [0.25, 0.3) is 0 Å². The van der Waals surface area contributed by atoms with Gasteiger partial charge in [-0.15, -0.1) is 0 Å². The van der Waals surface area contributed by atoms with Gasteiger partial charge in [0.15, 0.2) is 0 Å². The molecule has 82 valence electrons. The van der Waals surface area contributed by atoms with Crippen LogP contribution in [0.5, 0.6) is 5.75 Å². The number of aliphatic hydroxyl groups is 1. The van der Waals surface area contributed by atoms with E-state index in [9.17, 15) is 10.2 Å². The van der Waals surface area contributed by atoms with Gasteiger partial charge in [-0.2, -0.15) is 0 Å². The van der Waals surface area contributed by atoms with E-state index in [-0.39, 0.29) is 0 Å². The summed E-state index contributed by atoms with van der Waals surface area (Å²) in [6.07, 6.45) is 2.44. The van der Waals surface area contributed by atoms with Crippen LogP contribution in [0.3, 0.4) is 0 Å². The van der Waals surface area contributed by atoms with Gasteiger partial charge in [0.2, 0.25) is 0 Å². The third kappa shape index (κ3) is 2.51. The second kappa shape index (κ2) is 3.53. The highest BCUT2D eigenvalue weighted by Gasteiger charge is 2.40. The van der Waals surface area contributed by atoms with Crippen molar-refractivity contribution in [2.45, 2.75) is 44.6 Å². The van der Waals surface area contributed by atoms with Crippen LogP contribution in [-0.4, -0.2) is 15.8 Å². The molecule has 0 bridgehead atoms. The molecule has 1 fully saturated rings. The highest BCUT2D eigenvalue weighted by molar-refractivity contribution is 5.36. The lowest BCUT2D eigenvalue weighted by molar-refractivity contribution is 0.151. The largest absolute Gasteiger partial charge is 0.508 e. The van der Waals surface area contributed by atoms with E-state index in [1.807, 2.05) is 0 Å². The second-order valence-electron chi connectivity index (χ2n) is 4.99. The fraction of sp³-hybridized carbons (Fsp3) is 0.538. The molecule has 0 amide bonds. The van der Waals surface area contributed by atoms with Crippen LogP contribution in [0.2, 0.25) is 0 Å². The summed E-state index contributed by atoms with van der Waals surface area (Å²) in [5.41, 5.74) is 1.69. The molecular formula is C13H18O2. The summed E-state index contributed by atoms with van der Waals surface area (Å²) in [6.45, 7) is 4.20. The van der Waals surface area contributed by atoms with Gasteiger partial charge in [0.1, 0.15) is 5.75 Å². The van der Waals surface area contributed by atoms with E-state index in [1.165, 1.54) is 0 Å². The highest BCUT2D eigenvalue weighted by atomic mass is 16.3. The molecule has 2 N–H and O–H groups in total. The molecule has 1 aliphatic rings. The quantitative estimate of drug-likeness (QED) is 0.798.